The lowest BCUT2D eigenvalue weighted by Gasteiger charge is -2.32. The van der Waals surface area contributed by atoms with Crippen molar-refractivity contribution >= 4 is 39.1 Å². The number of benzene rings is 2. The van der Waals surface area contributed by atoms with Crippen molar-refractivity contribution in [1.82, 2.24) is 10.2 Å². The van der Waals surface area contributed by atoms with E-state index in [4.69, 9.17) is 11.6 Å². The molecule has 0 aromatic heterocycles. The predicted molar refractivity (Wildman–Crippen MR) is 138 cm³/mol. The average Bonchev–Trinajstić information content (AvgIpc) is 2.78. The zero-order valence-electron chi connectivity index (χ0n) is 20.3. The first-order valence-corrected chi connectivity index (χ1v) is 13.6. The third kappa shape index (κ3) is 8.02. The van der Waals surface area contributed by atoms with Gasteiger partial charge in [0.2, 0.25) is 21.8 Å². The van der Waals surface area contributed by atoms with E-state index >= 15 is 0 Å². The van der Waals surface area contributed by atoms with Gasteiger partial charge in [-0.25, -0.2) is 8.42 Å². The Bertz CT molecular complexity index is 1080. The second kappa shape index (κ2) is 12.8. The number of hydrogen-bond acceptors (Lipinski definition) is 4. The molecule has 34 heavy (non-hydrogen) atoms. The van der Waals surface area contributed by atoms with Crippen LogP contribution < -0.4 is 9.62 Å². The van der Waals surface area contributed by atoms with Crippen molar-refractivity contribution in [2.75, 3.05) is 30.2 Å². The van der Waals surface area contributed by atoms with E-state index < -0.39 is 28.5 Å². The first-order chi connectivity index (χ1) is 16.0. The zero-order chi connectivity index (χ0) is 25.3. The number of carbonyl (C=O) groups is 2. The number of aryl methyl sites for hydroxylation is 1. The van der Waals surface area contributed by atoms with Crippen LogP contribution in [0.5, 0.6) is 0 Å². The summed E-state index contributed by atoms with van der Waals surface area (Å²) in [5.74, 6) is -0.711. The minimum Gasteiger partial charge on any atom is -0.354 e. The van der Waals surface area contributed by atoms with Crippen LogP contribution in [0.1, 0.15) is 37.8 Å². The number of nitrogens with zero attached hydrogens (tertiary/aromatic N) is 2. The van der Waals surface area contributed by atoms with Gasteiger partial charge in [0.15, 0.2) is 0 Å². The molecule has 0 saturated carbocycles. The summed E-state index contributed by atoms with van der Waals surface area (Å²) in [5.41, 5.74) is 2.03. The SMILES string of the molecule is CCCCNC(=O)[C@H](C)N(CCc1ccccc1)C(=O)CN(c1ccc(Cl)cc1C)S(C)(=O)=O. The van der Waals surface area contributed by atoms with Crippen LogP contribution in [0.25, 0.3) is 0 Å². The monoisotopic (exact) mass is 507 g/mol. The van der Waals surface area contributed by atoms with Crippen LogP contribution >= 0.6 is 11.6 Å². The van der Waals surface area contributed by atoms with E-state index in [0.29, 0.717) is 29.2 Å². The Morgan fingerprint density at radius 3 is 2.38 bits per heavy atom. The molecule has 186 valence electrons. The van der Waals surface area contributed by atoms with E-state index in [2.05, 4.69) is 5.32 Å². The Kier molecular flexibility index (Phi) is 10.4. The molecule has 0 spiro atoms. The molecular weight excluding hydrogens is 474 g/mol. The van der Waals surface area contributed by atoms with Gasteiger partial charge in [0.25, 0.3) is 0 Å². The average molecular weight is 508 g/mol. The first-order valence-electron chi connectivity index (χ1n) is 11.4. The van der Waals surface area contributed by atoms with Crippen molar-refractivity contribution in [2.24, 2.45) is 0 Å². The van der Waals surface area contributed by atoms with Crippen molar-refractivity contribution in [3.05, 3.63) is 64.7 Å². The lowest BCUT2D eigenvalue weighted by Crippen LogP contribution is -2.52. The summed E-state index contributed by atoms with van der Waals surface area (Å²) in [6.07, 6.45) is 3.38. The van der Waals surface area contributed by atoms with Gasteiger partial charge in [0.1, 0.15) is 12.6 Å². The standard InChI is InChI=1S/C25H34ClN3O4S/c1-5-6-15-27-25(31)20(3)28(16-14-21-10-8-7-9-11-21)24(30)18-29(34(4,32)33)23-13-12-22(26)17-19(23)2/h7-13,17,20H,5-6,14-16,18H2,1-4H3,(H,27,31)/t20-/m0/s1. The molecule has 0 aliphatic heterocycles. The van der Waals surface area contributed by atoms with Crippen LogP contribution in [-0.4, -0.2) is 57.1 Å². The number of rotatable bonds is 12. The van der Waals surface area contributed by atoms with Crippen molar-refractivity contribution in [1.29, 1.82) is 0 Å². The van der Waals surface area contributed by atoms with Gasteiger partial charge in [0.05, 0.1) is 11.9 Å². The summed E-state index contributed by atoms with van der Waals surface area (Å²) >= 11 is 6.03. The number of sulfonamides is 1. The molecule has 2 rings (SSSR count). The van der Waals surface area contributed by atoms with Gasteiger partial charge >= 0.3 is 0 Å². The van der Waals surface area contributed by atoms with Crippen LogP contribution in [0.2, 0.25) is 5.02 Å². The number of anilines is 1. The number of hydrogen-bond donors (Lipinski definition) is 1. The van der Waals surface area contributed by atoms with Gasteiger partial charge in [-0.2, -0.15) is 0 Å². The lowest BCUT2D eigenvalue weighted by molar-refractivity contribution is -0.138. The molecular formula is C25H34ClN3O4S. The maximum atomic E-state index is 13.5. The summed E-state index contributed by atoms with van der Waals surface area (Å²) in [6, 6.07) is 13.7. The highest BCUT2D eigenvalue weighted by Gasteiger charge is 2.30. The topological polar surface area (TPSA) is 86.8 Å². The third-order valence-corrected chi connectivity index (χ3v) is 6.95. The largest absolute Gasteiger partial charge is 0.354 e. The van der Waals surface area contributed by atoms with Crippen molar-refractivity contribution in [3.63, 3.8) is 0 Å². The molecule has 9 heteroatoms. The number of carbonyl (C=O) groups excluding carboxylic acids is 2. The molecule has 2 amide bonds. The minimum atomic E-state index is -3.77. The van der Waals surface area contributed by atoms with E-state index in [0.717, 1.165) is 29.0 Å². The van der Waals surface area contributed by atoms with Gasteiger partial charge in [-0.05, 0) is 56.0 Å². The molecule has 0 saturated heterocycles. The quantitative estimate of drug-likeness (QED) is 0.443. The Morgan fingerprint density at radius 2 is 1.79 bits per heavy atom. The molecule has 0 heterocycles. The maximum absolute atomic E-state index is 13.5. The molecule has 0 aliphatic carbocycles. The summed E-state index contributed by atoms with van der Waals surface area (Å²) in [5, 5.41) is 3.34. The van der Waals surface area contributed by atoms with Gasteiger partial charge in [-0.15, -0.1) is 0 Å². The summed E-state index contributed by atoms with van der Waals surface area (Å²) in [7, 11) is -3.77. The Morgan fingerprint density at radius 1 is 1.12 bits per heavy atom. The lowest BCUT2D eigenvalue weighted by atomic mass is 10.1. The molecule has 0 aliphatic rings. The fourth-order valence-corrected chi connectivity index (χ4v) is 4.73. The molecule has 0 bridgehead atoms. The summed E-state index contributed by atoms with van der Waals surface area (Å²) < 4.78 is 26.3. The Labute approximate surface area is 208 Å². The van der Waals surface area contributed by atoms with Crippen LogP contribution in [0, 0.1) is 6.92 Å². The predicted octanol–water partition coefficient (Wildman–Crippen LogP) is 3.79. The molecule has 0 fully saturated rings. The molecule has 2 aromatic carbocycles. The first kappa shape index (κ1) is 27.7. The smallest absolute Gasteiger partial charge is 0.244 e. The van der Waals surface area contributed by atoms with Gasteiger partial charge in [0, 0.05) is 18.1 Å². The second-order valence-corrected chi connectivity index (χ2v) is 10.7. The van der Waals surface area contributed by atoms with Crippen LogP contribution in [0.3, 0.4) is 0 Å². The van der Waals surface area contributed by atoms with E-state index in [1.807, 2.05) is 37.3 Å². The molecule has 0 unspecified atom stereocenters. The van der Waals surface area contributed by atoms with Crippen LogP contribution in [0.4, 0.5) is 5.69 Å². The highest BCUT2D eigenvalue weighted by Crippen LogP contribution is 2.26. The second-order valence-electron chi connectivity index (χ2n) is 8.34. The van der Waals surface area contributed by atoms with E-state index in [-0.39, 0.29) is 12.5 Å². The molecule has 2 aromatic rings. The van der Waals surface area contributed by atoms with Crippen molar-refractivity contribution in [3.8, 4) is 0 Å². The van der Waals surface area contributed by atoms with Gasteiger partial charge < -0.3 is 10.2 Å². The van der Waals surface area contributed by atoms with E-state index in [1.54, 1.807) is 32.0 Å². The Hall–Kier alpha value is -2.58. The third-order valence-electron chi connectivity index (χ3n) is 5.59. The highest BCUT2D eigenvalue weighted by atomic mass is 35.5. The molecule has 7 nitrogen and oxygen atoms in total. The zero-order valence-corrected chi connectivity index (χ0v) is 21.8. The molecule has 1 N–H and O–H groups in total. The number of halogens is 1. The van der Waals surface area contributed by atoms with Crippen LogP contribution in [-0.2, 0) is 26.0 Å². The Balaban J connectivity index is 2.30. The fourth-order valence-electron chi connectivity index (χ4n) is 3.60. The molecule has 0 radical (unpaired) electrons. The number of amides is 2. The highest BCUT2D eigenvalue weighted by molar-refractivity contribution is 7.92. The number of unbranched alkanes of at least 4 members (excludes halogenated alkanes) is 1. The van der Waals surface area contributed by atoms with E-state index in [1.165, 1.54) is 4.90 Å². The van der Waals surface area contributed by atoms with Gasteiger partial charge in [-0.3, -0.25) is 13.9 Å². The van der Waals surface area contributed by atoms with E-state index in [9.17, 15) is 18.0 Å². The normalized spacial score (nSPS) is 12.1. The van der Waals surface area contributed by atoms with Crippen molar-refractivity contribution < 1.29 is 18.0 Å². The van der Waals surface area contributed by atoms with Crippen molar-refractivity contribution in [2.45, 2.75) is 46.1 Å². The maximum Gasteiger partial charge on any atom is 0.244 e. The summed E-state index contributed by atoms with van der Waals surface area (Å²) in [4.78, 5) is 27.7. The van der Waals surface area contributed by atoms with Gasteiger partial charge in [-0.1, -0.05) is 55.3 Å². The fraction of sp³-hybridized carbons (Fsp3) is 0.440. The minimum absolute atomic E-state index is 0.261. The summed E-state index contributed by atoms with van der Waals surface area (Å²) in [6.45, 7) is 5.83. The number of nitrogens with one attached hydrogen (secondary N) is 1. The molecule has 1 atom stereocenters. The van der Waals surface area contributed by atoms with Crippen LogP contribution in [0.15, 0.2) is 48.5 Å².